The van der Waals surface area contributed by atoms with E-state index >= 15 is 0 Å². The van der Waals surface area contributed by atoms with Crippen molar-refractivity contribution in [2.24, 2.45) is 0 Å². The highest BCUT2D eigenvalue weighted by Crippen LogP contribution is 2.29. The van der Waals surface area contributed by atoms with E-state index in [1.807, 2.05) is 50.2 Å². The number of rotatable bonds is 10. The largest absolute Gasteiger partial charge is 0.352 e. The van der Waals surface area contributed by atoms with Gasteiger partial charge in [0.05, 0.1) is 10.6 Å². The van der Waals surface area contributed by atoms with Crippen molar-refractivity contribution in [2.75, 3.05) is 10.8 Å². The van der Waals surface area contributed by atoms with Crippen LogP contribution in [0.25, 0.3) is 0 Å². The molecule has 0 radical (unpaired) electrons. The summed E-state index contributed by atoms with van der Waals surface area (Å²) < 4.78 is 29.9. The average Bonchev–Trinajstić information content (AvgIpc) is 3.45. The van der Waals surface area contributed by atoms with Crippen molar-refractivity contribution in [1.82, 2.24) is 10.2 Å². The average molecular weight is 627 g/mol. The first-order valence-corrected chi connectivity index (χ1v) is 15.8. The van der Waals surface area contributed by atoms with Gasteiger partial charge in [0.1, 0.15) is 12.6 Å². The number of halogens is 1. The summed E-state index contributed by atoms with van der Waals surface area (Å²) in [5, 5.41) is 3.09. The van der Waals surface area contributed by atoms with E-state index in [1.165, 1.54) is 21.3 Å². The number of sulfonamides is 1. The zero-order valence-corrected chi connectivity index (χ0v) is 25.5. The van der Waals surface area contributed by atoms with Gasteiger partial charge < -0.3 is 10.2 Å². The second-order valence-electron chi connectivity index (χ2n) is 10.4. The Morgan fingerprint density at radius 3 is 2.35 bits per heavy atom. The van der Waals surface area contributed by atoms with Crippen LogP contribution >= 0.6 is 15.9 Å². The van der Waals surface area contributed by atoms with Gasteiger partial charge in [-0.1, -0.05) is 71.2 Å². The second-order valence-corrected chi connectivity index (χ2v) is 13.2. The molecule has 0 saturated heterocycles. The summed E-state index contributed by atoms with van der Waals surface area (Å²) >= 11 is 3.48. The summed E-state index contributed by atoms with van der Waals surface area (Å²) in [6, 6.07) is 20.5. The number of amides is 2. The Morgan fingerprint density at radius 1 is 0.975 bits per heavy atom. The van der Waals surface area contributed by atoms with E-state index in [0.29, 0.717) is 5.69 Å². The molecule has 3 aromatic carbocycles. The highest BCUT2D eigenvalue weighted by Gasteiger charge is 2.33. The van der Waals surface area contributed by atoms with Crippen LogP contribution in [0.5, 0.6) is 0 Å². The Kier molecular flexibility index (Phi) is 9.68. The third kappa shape index (κ3) is 7.12. The van der Waals surface area contributed by atoms with Crippen LogP contribution in [-0.2, 0) is 26.2 Å². The number of hydrogen-bond acceptors (Lipinski definition) is 4. The second kappa shape index (κ2) is 13.0. The Morgan fingerprint density at radius 2 is 1.68 bits per heavy atom. The fraction of sp³-hybridized carbons (Fsp3) is 0.355. The van der Waals surface area contributed by atoms with Crippen molar-refractivity contribution in [3.63, 3.8) is 0 Å². The van der Waals surface area contributed by atoms with Crippen molar-refractivity contribution in [3.05, 3.63) is 94.0 Å². The molecule has 7 nitrogen and oxygen atoms in total. The summed E-state index contributed by atoms with van der Waals surface area (Å²) in [5.74, 6) is -0.700. The maximum atomic E-state index is 14.1. The maximum absolute atomic E-state index is 14.1. The molecule has 1 atom stereocenters. The van der Waals surface area contributed by atoms with Gasteiger partial charge in [0.2, 0.25) is 11.8 Å². The van der Waals surface area contributed by atoms with Crippen molar-refractivity contribution in [3.8, 4) is 0 Å². The number of nitrogens with one attached hydrogen (secondary N) is 1. The van der Waals surface area contributed by atoms with Crippen molar-refractivity contribution >= 4 is 43.5 Å². The van der Waals surface area contributed by atoms with E-state index in [1.54, 1.807) is 31.2 Å². The van der Waals surface area contributed by atoms with E-state index in [0.717, 1.165) is 46.8 Å². The molecule has 1 aliphatic carbocycles. The number of hydrogen-bond donors (Lipinski definition) is 1. The number of benzene rings is 3. The van der Waals surface area contributed by atoms with Crippen LogP contribution in [0.15, 0.2) is 82.2 Å². The molecule has 1 saturated carbocycles. The molecule has 0 unspecified atom stereocenters. The van der Waals surface area contributed by atoms with Gasteiger partial charge in [-0.2, -0.15) is 0 Å². The highest BCUT2D eigenvalue weighted by molar-refractivity contribution is 9.10. The molecule has 0 heterocycles. The first-order valence-electron chi connectivity index (χ1n) is 13.6. The van der Waals surface area contributed by atoms with Crippen molar-refractivity contribution in [1.29, 1.82) is 0 Å². The SMILES string of the molecule is Cc1ccc(C)c(N(CC(=O)N(Cc2cccc(Br)c2)[C@H](C)C(=O)NC2CCCC2)S(=O)(=O)c2ccccc2)c1. The van der Waals surface area contributed by atoms with Crippen LogP contribution in [0.3, 0.4) is 0 Å². The van der Waals surface area contributed by atoms with Crippen molar-refractivity contribution in [2.45, 2.75) is 70.0 Å². The third-order valence-corrected chi connectivity index (χ3v) is 9.62. The molecule has 3 aromatic rings. The molecule has 9 heteroatoms. The molecule has 1 N–H and O–H groups in total. The van der Waals surface area contributed by atoms with Gasteiger partial charge >= 0.3 is 0 Å². The van der Waals surface area contributed by atoms with E-state index in [4.69, 9.17) is 0 Å². The lowest BCUT2D eigenvalue weighted by Gasteiger charge is -2.33. The smallest absolute Gasteiger partial charge is 0.264 e. The number of nitrogens with zero attached hydrogens (tertiary/aromatic N) is 2. The predicted molar refractivity (Wildman–Crippen MR) is 161 cm³/mol. The van der Waals surface area contributed by atoms with Gasteiger partial charge in [-0.15, -0.1) is 0 Å². The molecule has 0 bridgehead atoms. The van der Waals surface area contributed by atoms with E-state index < -0.39 is 28.5 Å². The van der Waals surface area contributed by atoms with Gasteiger partial charge in [0, 0.05) is 17.1 Å². The van der Waals surface area contributed by atoms with Crippen LogP contribution in [0.1, 0.15) is 49.3 Å². The van der Waals surface area contributed by atoms with Crippen LogP contribution in [-0.4, -0.2) is 43.8 Å². The van der Waals surface area contributed by atoms with Gasteiger partial charge in [0.15, 0.2) is 0 Å². The monoisotopic (exact) mass is 625 g/mol. The Hall–Kier alpha value is -3.17. The molecule has 1 fully saturated rings. The Balaban J connectivity index is 1.71. The summed E-state index contributed by atoms with van der Waals surface area (Å²) in [6.45, 7) is 5.12. The predicted octanol–water partition coefficient (Wildman–Crippen LogP) is 5.74. The Labute approximate surface area is 245 Å². The number of carbonyl (C=O) groups is 2. The molecule has 1 aliphatic rings. The standard InChI is InChI=1S/C31H36BrN3O4S/c1-22-16-17-23(2)29(18-22)35(40(38,39)28-14-5-4-6-15-28)21-30(36)34(20-25-10-9-11-26(32)19-25)24(3)31(37)33-27-12-7-8-13-27/h4-6,9-11,14-19,24,27H,7-8,12-13,20-21H2,1-3H3,(H,33,37)/t24-/m1/s1. The topological polar surface area (TPSA) is 86.8 Å². The third-order valence-electron chi connectivity index (χ3n) is 7.35. The molecule has 4 rings (SSSR count). The first kappa shape index (κ1) is 29.8. The minimum absolute atomic E-state index is 0.0919. The minimum atomic E-state index is -4.09. The van der Waals surface area contributed by atoms with E-state index in [9.17, 15) is 18.0 Å². The van der Waals surface area contributed by atoms with Gasteiger partial charge in [-0.25, -0.2) is 8.42 Å². The fourth-order valence-corrected chi connectivity index (χ4v) is 6.97. The summed E-state index contributed by atoms with van der Waals surface area (Å²) in [7, 11) is -4.09. The maximum Gasteiger partial charge on any atom is 0.264 e. The Bertz CT molecular complexity index is 1460. The quantitative estimate of drug-likeness (QED) is 0.311. The normalized spacial score (nSPS) is 14.5. The highest BCUT2D eigenvalue weighted by atomic mass is 79.9. The molecule has 212 valence electrons. The molecule has 40 heavy (non-hydrogen) atoms. The van der Waals surface area contributed by atoms with Gasteiger partial charge in [0.25, 0.3) is 10.0 Å². The zero-order valence-electron chi connectivity index (χ0n) is 23.1. The van der Waals surface area contributed by atoms with Crippen LogP contribution < -0.4 is 9.62 Å². The van der Waals surface area contributed by atoms with Gasteiger partial charge in [-0.3, -0.25) is 13.9 Å². The molecule has 0 aromatic heterocycles. The van der Waals surface area contributed by atoms with Crippen LogP contribution in [0.2, 0.25) is 0 Å². The summed E-state index contributed by atoms with van der Waals surface area (Å²) in [6.07, 6.45) is 3.99. The van der Waals surface area contributed by atoms with Gasteiger partial charge in [-0.05, 0) is 80.6 Å². The molecule has 2 amide bonds. The summed E-state index contributed by atoms with van der Waals surface area (Å²) in [5.41, 5.74) is 2.86. The lowest BCUT2D eigenvalue weighted by Crippen LogP contribution is -2.52. The lowest BCUT2D eigenvalue weighted by atomic mass is 10.1. The van der Waals surface area contributed by atoms with Crippen LogP contribution in [0, 0.1) is 13.8 Å². The van der Waals surface area contributed by atoms with E-state index in [2.05, 4.69) is 21.2 Å². The van der Waals surface area contributed by atoms with E-state index in [-0.39, 0.29) is 23.4 Å². The number of anilines is 1. The lowest BCUT2D eigenvalue weighted by molar-refractivity contribution is -0.139. The molecule has 0 aliphatic heterocycles. The zero-order chi connectivity index (χ0) is 28.9. The molecular formula is C31H36BrN3O4S. The fourth-order valence-electron chi connectivity index (χ4n) is 5.03. The first-order chi connectivity index (χ1) is 19.1. The minimum Gasteiger partial charge on any atom is -0.352 e. The van der Waals surface area contributed by atoms with Crippen LogP contribution in [0.4, 0.5) is 5.69 Å². The number of aryl methyl sites for hydroxylation is 2. The molecule has 0 spiro atoms. The van der Waals surface area contributed by atoms with Crippen molar-refractivity contribution < 1.29 is 18.0 Å². The number of carbonyl (C=O) groups excluding carboxylic acids is 2. The summed E-state index contributed by atoms with van der Waals surface area (Å²) in [4.78, 5) is 29.0. The molecular weight excluding hydrogens is 590 g/mol.